The van der Waals surface area contributed by atoms with Crippen LogP contribution in [0.15, 0.2) is 18.2 Å². The number of carbonyl (C=O) groups is 1. The molecule has 0 spiro atoms. The number of hydrogen-bond acceptors (Lipinski definition) is 2. The first-order valence-corrected chi connectivity index (χ1v) is 8.46. The van der Waals surface area contributed by atoms with Crippen LogP contribution in [0.4, 0.5) is 8.78 Å². The summed E-state index contributed by atoms with van der Waals surface area (Å²) >= 11 is 0. The van der Waals surface area contributed by atoms with Crippen LogP contribution in [0.3, 0.4) is 0 Å². The number of benzene rings is 1. The van der Waals surface area contributed by atoms with E-state index in [9.17, 15) is 13.6 Å². The molecule has 1 amide bonds. The topological polar surface area (TPSA) is 41.1 Å². The summed E-state index contributed by atoms with van der Waals surface area (Å²) in [5.74, 6) is -1.26. The second-order valence-electron chi connectivity index (χ2n) is 6.54. The Morgan fingerprint density at radius 3 is 2.79 bits per heavy atom. The van der Waals surface area contributed by atoms with E-state index in [1.165, 1.54) is 6.07 Å². The van der Waals surface area contributed by atoms with Crippen LogP contribution < -0.4 is 10.6 Å². The van der Waals surface area contributed by atoms with Gasteiger partial charge in [-0.1, -0.05) is 32.8 Å². The average molecular weight is 361 g/mol. The van der Waals surface area contributed by atoms with Crippen LogP contribution in [0.2, 0.25) is 0 Å². The standard InChI is InChI=1S/C18H26F2N2O.ClH/c1-3-4-12(2)9-18(23)22-17-11-21-8-7-14(17)13-5-6-15(19)16(20)10-13;/h5-6,10,12,14,17,21H,3-4,7-9,11H2,1-2H3,(H,22,23);1H. The summed E-state index contributed by atoms with van der Waals surface area (Å²) in [5, 5.41) is 6.34. The van der Waals surface area contributed by atoms with Crippen LogP contribution in [0.5, 0.6) is 0 Å². The van der Waals surface area contributed by atoms with Gasteiger partial charge in [0.1, 0.15) is 0 Å². The van der Waals surface area contributed by atoms with E-state index < -0.39 is 11.6 Å². The fourth-order valence-corrected chi connectivity index (χ4v) is 3.33. The van der Waals surface area contributed by atoms with E-state index >= 15 is 0 Å². The van der Waals surface area contributed by atoms with E-state index in [0.717, 1.165) is 37.4 Å². The monoisotopic (exact) mass is 360 g/mol. The zero-order valence-electron chi connectivity index (χ0n) is 14.3. The van der Waals surface area contributed by atoms with E-state index in [0.29, 0.717) is 18.9 Å². The largest absolute Gasteiger partial charge is 0.351 e. The van der Waals surface area contributed by atoms with E-state index in [1.54, 1.807) is 6.07 Å². The quantitative estimate of drug-likeness (QED) is 0.810. The molecule has 0 saturated carbocycles. The van der Waals surface area contributed by atoms with E-state index in [-0.39, 0.29) is 30.3 Å². The van der Waals surface area contributed by atoms with Gasteiger partial charge >= 0.3 is 0 Å². The van der Waals surface area contributed by atoms with Crippen LogP contribution >= 0.6 is 12.4 Å². The number of carbonyl (C=O) groups excluding carboxylic acids is 1. The van der Waals surface area contributed by atoms with Gasteiger partial charge in [-0.15, -0.1) is 12.4 Å². The molecule has 0 bridgehead atoms. The lowest BCUT2D eigenvalue weighted by molar-refractivity contribution is -0.122. The first-order chi connectivity index (χ1) is 11.0. The number of halogens is 3. The highest BCUT2D eigenvalue weighted by Gasteiger charge is 2.28. The van der Waals surface area contributed by atoms with Crippen molar-refractivity contribution in [3.63, 3.8) is 0 Å². The van der Waals surface area contributed by atoms with Crippen molar-refractivity contribution >= 4 is 18.3 Å². The molecule has 1 aliphatic heterocycles. The first kappa shape index (κ1) is 20.8. The van der Waals surface area contributed by atoms with Crippen molar-refractivity contribution in [2.75, 3.05) is 13.1 Å². The zero-order chi connectivity index (χ0) is 16.8. The van der Waals surface area contributed by atoms with E-state index in [1.807, 2.05) is 0 Å². The molecule has 6 heteroatoms. The molecule has 1 heterocycles. The van der Waals surface area contributed by atoms with Gasteiger partial charge in [0.05, 0.1) is 0 Å². The number of piperidine rings is 1. The Morgan fingerprint density at radius 1 is 1.38 bits per heavy atom. The number of amides is 1. The van der Waals surface area contributed by atoms with Crippen LogP contribution in [0, 0.1) is 17.6 Å². The molecule has 1 aromatic carbocycles. The second-order valence-corrected chi connectivity index (χ2v) is 6.54. The lowest BCUT2D eigenvalue weighted by Gasteiger charge is -2.33. The fourth-order valence-electron chi connectivity index (χ4n) is 3.33. The lowest BCUT2D eigenvalue weighted by atomic mass is 9.85. The molecule has 0 radical (unpaired) electrons. The normalized spacial score (nSPS) is 21.7. The van der Waals surface area contributed by atoms with Gasteiger partial charge in [0, 0.05) is 24.9 Å². The van der Waals surface area contributed by atoms with Gasteiger partial charge in [-0.05, 0) is 36.6 Å². The van der Waals surface area contributed by atoms with Crippen LogP contribution in [-0.2, 0) is 4.79 Å². The minimum atomic E-state index is -0.836. The van der Waals surface area contributed by atoms with Crippen LogP contribution in [0.25, 0.3) is 0 Å². The van der Waals surface area contributed by atoms with Crippen molar-refractivity contribution in [3.05, 3.63) is 35.4 Å². The minimum Gasteiger partial charge on any atom is -0.351 e. The van der Waals surface area contributed by atoms with Crippen molar-refractivity contribution < 1.29 is 13.6 Å². The van der Waals surface area contributed by atoms with Gasteiger partial charge in [-0.3, -0.25) is 4.79 Å². The molecule has 3 nitrogen and oxygen atoms in total. The van der Waals surface area contributed by atoms with Crippen molar-refractivity contribution in [1.29, 1.82) is 0 Å². The lowest BCUT2D eigenvalue weighted by Crippen LogP contribution is -2.50. The molecule has 24 heavy (non-hydrogen) atoms. The highest BCUT2D eigenvalue weighted by atomic mass is 35.5. The highest BCUT2D eigenvalue weighted by Crippen LogP contribution is 2.27. The maximum Gasteiger partial charge on any atom is 0.220 e. The maximum atomic E-state index is 13.5. The summed E-state index contributed by atoms with van der Waals surface area (Å²) in [6.45, 7) is 5.65. The molecule has 136 valence electrons. The predicted octanol–water partition coefficient (Wildman–Crippen LogP) is 3.77. The molecule has 0 aliphatic carbocycles. The average Bonchev–Trinajstić information content (AvgIpc) is 2.50. The molecule has 3 unspecified atom stereocenters. The van der Waals surface area contributed by atoms with E-state index in [2.05, 4.69) is 24.5 Å². The molecule has 2 rings (SSSR count). The van der Waals surface area contributed by atoms with E-state index in [4.69, 9.17) is 0 Å². The Bertz CT molecular complexity index is 542. The van der Waals surface area contributed by atoms with Gasteiger partial charge in [-0.25, -0.2) is 8.78 Å². The van der Waals surface area contributed by atoms with Crippen molar-refractivity contribution in [2.24, 2.45) is 5.92 Å². The molecular weight excluding hydrogens is 334 g/mol. The third kappa shape index (κ3) is 5.71. The molecule has 1 aliphatic rings. The van der Waals surface area contributed by atoms with Crippen LogP contribution in [-0.4, -0.2) is 25.0 Å². The third-order valence-electron chi connectivity index (χ3n) is 4.52. The SMILES string of the molecule is CCCC(C)CC(=O)NC1CNCCC1c1ccc(F)c(F)c1.Cl. The minimum absolute atomic E-state index is 0. The van der Waals surface area contributed by atoms with Crippen LogP contribution in [0.1, 0.15) is 51.0 Å². The van der Waals surface area contributed by atoms with Crippen molar-refractivity contribution in [1.82, 2.24) is 10.6 Å². The van der Waals surface area contributed by atoms with Gasteiger partial charge in [0.25, 0.3) is 0 Å². The smallest absolute Gasteiger partial charge is 0.220 e. The number of nitrogens with one attached hydrogen (secondary N) is 2. The molecule has 3 atom stereocenters. The van der Waals surface area contributed by atoms with Gasteiger partial charge in [0.15, 0.2) is 11.6 Å². The zero-order valence-corrected chi connectivity index (χ0v) is 15.1. The number of hydrogen-bond donors (Lipinski definition) is 2. The second kappa shape index (κ2) is 9.94. The van der Waals surface area contributed by atoms with Gasteiger partial charge < -0.3 is 10.6 Å². The molecule has 0 aromatic heterocycles. The Hall–Kier alpha value is -1.20. The van der Waals surface area contributed by atoms with Gasteiger partial charge in [-0.2, -0.15) is 0 Å². The Morgan fingerprint density at radius 2 is 2.12 bits per heavy atom. The Labute approximate surface area is 149 Å². The van der Waals surface area contributed by atoms with Gasteiger partial charge in [0.2, 0.25) is 5.91 Å². The molecule has 1 aromatic rings. The molecule has 2 N–H and O–H groups in total. The molecule has 1 fully saturated rings. The molecule has 1 saturated heterocycles. The Kier molecular flexibility index (Phi) is 8.63. The summed E-state index contributed by atoms with van der Waals surface area (Å²) < 4.78 is 26.6. The summed E-state index contributed by atoms with van der Waals surface area (Å²) in [7, 11) is 0. The third-order valence-corrected chi connectivity index (χ3v) is 4.52. The van der Waals surface area contributed by atoms with Crippen molar-refractivity contribution in [2.45, 2.75) is 51.5 Å². The summed E-state index contributed by atoms with van der Waals surface area (Å²) in [4.78, 5) is 12.2. The first-order valence-electron chi connectivity index (χ1n) is 8.46. The number of rotatable bonds is 6. The molecular formula is C18H27ClF2N2O. The van der Waals surface area contributed by atoms with Crippen molar-refractivity contribution in [3.8, 4) is 0 Å². The highest BCUT2D eigenvalue weighted by molar-refractivity contribution is 5.85. The predicted molar refractivity (Wildman–Crippen MR) is 94.5 cm³/mol. The fraction of sp³-hybridized carbons (Fsp3) is 0.611. The summed E-state index contributed by atoms with van der Waals surface area (Å²) in [6, 6.07) is 3.95. The Balaban J connectivity index is 0.00000288. The maximum absolute atomic E-state index is 13.5. The summed E-state index contributed by atoms with van der Waals surface area (Å²) in [6.07, 6.45) is 3.40. The summed E-state index contributed by atoms with van der Waals surface area (Å²) in [5.41, 5.74) is 0.748.